The van der Waals surface area contributed by atoms with Gasteiger partial charge in [-0.2, -0.15) is 0 Å². The van der Waals surface area contributed by atoms with Gasteiger partial charge in [0.2, 0.25) is 5.91 Å². The molecule has 0 aliphatic heterocycles. The van der Waals surface area contributed by atoms with Gasteiger partial charge in [-0.3, -0.25) is 4.79 Å². The van der Waals surface area contributed by atoms with E-state index in [9.17, 15) is 9.90 Å². The van der Waals surface area contributed by atoms with Crippen LogP contribution in [-0.2, 0) is 4.79 Å². The van der Waals surface area contributed by atoms with Gasteiger partial charge in [-0.15, -0.1) is 0 Å². The molecular formula is C16H24N2O2. The summed E-state index contributed by atoms with van der Waals surface area (Å²) < 4.78 is 0. The van der Waals surface area contributed by atoms with Crippen LogP contribution in [0.3, 0.4) is 0 Å². The highest BCUT2D eigenvalue weighted by atomic mass is 16.3. The lowest BCUT2D eigenvalue weighted by molar-refractivity contribution is -0.128. The fourth-order valence-corrected chi connectivity index (χ4v) is 3.03. The zero-order valence-electron chi connectivity index (χ0n) is 11.8. The summed E-state index contributed by atoms with van der Waals surface area (Å²) in [5, 5.41) is 12.5. The third kappa shape index (κ3) is 3.58. The number of amides is 1. The van der Waals surface area contributed by atoms with E-state index in [0.717, 1.165) is 31.2 Å². The molecule has 1 saturated carbocycles. The number of carbonyl (C=O) groups excluding carboxylic acids is 1. The Kier molecular flexibility index (Phi) is 5.56. The summed E-state index contributed by atoms with van der Waals surface area (Å²) in [5.74, 6) is 0.299. The first kappa shape index (κ1) is 15.0. The van der Waals surface area contributed by atoms with Crippen LogP contribution in [0.1, 0.15) is 37.3 Å². The quantitative estimate of drug-likeness (QED) is 0.764. The first-order valence-corrected chi connectivity index (χ1v) is 7.42. The Morgan fingerprint density at radius 3 is 2.65 bits per heavy atom. The number of benzene rings is 1. The van der Waals surface area contributed by atoms with Crippen LogP contribution in [0.5, 0.6) is 0 Å². The minimum atomic E-state index is -0.330. The van der Waals surface area contributed by atoms with Crippen LogP contribution in [0.4, 0.5) is 0 Å². The lowest BCUT2D eigenvalue weighted by atomic mass is 9.78. The Morgan fingerprint density at radius 2 is 2.00 bits per heavy atom. The van der Waals surface area contributed by atoms with Gasteiger partial charge in [0.1, 0.15) is 0 Å². The van der Waals surface area contributed by atoms with Crippen LogP contribution in [0, 0.1) is 11.8 Å². The maximum Gasteiger partial charge on any atom is 0.223 e. The molecule has 0 bridgehead atoms. The Morgan fingerprint density at radius 1 is 1.30 bits per heavy atom. The topological polar surface area (TPSA) is 75.4 Å². The van der Waals surface area contributed by atoms with E-state index in [1.807, 2.05) is 30.3 Å². The highest BCUT2D eigenvalue weighted by Gasteiger charge is 2.31. The summed E-state index contributed by atoms with van der Waals surface area (Å²) in [6.45, 7) is 0.475. The zero-order chi connectivity index (χ0) is 14.4. The van der Waals surface area contributed by atoms with Gasteiger partial charge in [0.25, 0.3) is 0 Å². The van der Waals surface area contributed by atoms with Gasteiger partial charge in [-0.25, -0.2) is 0 Å². The summed E-state index contributed by atoms with van der Waals surface area (Å²) in [6, 6.07) is 9.25. The summed E-state index contributed by atoms with van der Waals surface area (Å²) in [7, 11) is 0. The Bertz CT molecular complexity index is 422. The molecule has 1 amide bonds. The van der Waals surface area contributed by atoms with Crippen molar-refractivity contribution >= 4 is 5.91 Å². The molecule has 1 fully saturated rings. The SMILES string of the molecule is NCC1CCCCC1C(=O)NC(CO)c1ccccc1. The molecule has 1 aliphatic carbocycles. The number of rotatable bonds is 5. The Hall–Kier alpha value is -1.39. The van der Waals surface area contributed by atoms with Crippen LogP contribution in [-0.4, -0.2) is 24.2 Å². The molecule has 110 valence electrons. The third-order valence-corrected chi connectivity index (χ3v) is 4.25. The molecule has 1 aliphatic rings. The number of carbonyl (C=O) groups is 1. The molecule has 4 N–H and O–H groups in total. The van der Waals surface area contributed by atoms with Gasteiger partial charge < -0.3 is 16.2 Å². The minimum absolute atomic E-state index is 0.00786. The zero-order valence-corrected chi connectivity index (χ0v) is 11.8. The average molecular weight is 276 g/mol. The molecular weight excluding hydrogens is 252 g/mol. The monoisotopic (exact) mass is 276 g/mol. The van der Waals surface area contributed by atoms with Crippen molar-refractivity contribution < 1.29 is 9.90 Å². The first-order chi connectivity index (χ1) is 9.76. The summed E-state index contributed by atoms with van der Waals surface area (Å²) in [4.78, 5) is 12.4. The van der Waals surface area contributed by atoms with Crippen molar-refractivity contribution in [3.63, 3.8) is 0 Å². The van der Waals surface area contributed by atoms with Gasteiger partial charge in [0.05, 0.1) is 12.6 Å². The highest BCUT2D eigenvalue weighted by molar-refractivity contribution is 5.79. The summed E-state index contributed by atoms with van der Waals surface area (Å²) >= 11 is 0. The predicted molar refractivity (Wildman–Crippen MR) is 78.9 cm³/mol. The molecule has 3 unspecified atom stereocenters. The second kappa shape index (κ2) is 7.41. The van der Waals surface area contributed by atoms with Crippen LogP contribution >= 0.6 is 0 Å². The van der Waals surface area contributed by atoms with Crippen molar-refractivity contribution in [2.24, 2.45) is 17.6 Å². The van der Waals surface area contributed by atoms with Gasteiger partial charge in [-0.05, 0) is 30.9 Å². The molecule has 0 radical (unpaired) electrons. The largest absolute Gasteiger partial charge is 0.394 e. The van der Waals surface area contributed by atoms with Crippen molar-refractivity contribution in [1.82, 2.24) is 5.32 Å². The number of nitrogens with one attached hydrogen (secondary N) is 1. The van der Waals surface area contributed by atoms with E-state index in [4.69, 9.17) is 5.73 Å². The van der Waals surface area contributed by atoms with Crippen molar-refractivity contribution in [2.75, 3.05) is 13.2 Å². The van der Waals surface area contributed by atoms with Crippen molar-refractivity contribution in [1.29, 1.82) is 0 Å². The Balaban J connectivity index is 2.01. The lowest BCUT2D eigenvalue weighted by Crippen LogP contribution is -2.41. The minimum Gasteiger partial charge on any atom is -0.394 e. The number of hydrogen-bond acceptors (Lipinski definition) is 3. The average Bonchev–Trinajstić information content (AvgIpc) is 2.53. The van der Waals surface area contributed by atoms with Crippen molar-refractivity contribution in [3.8, 4) is 0 Å². The second-order valence-electron chi connectivity index (χ2n) is 5.54. The molecule has 0 aromatic heterocycles. The molecule has 2 rings (SSSR count). The number of hydrogen-bond donors (Lipinski definition) is 3. The normalized spacial score (nSPS) is 24.1. The maximum absolute atomic E-state index is 12.4. The van der Waals surface area contributed by atoms with Crippen LogP contribution in [0.25, 0.3) is 0 Å². The van der Waals surface area contributed by atoms with E-state index in [1.165, 1.54) is 0 Å². The van der Waals surface area contributed by atoms with Gasteiger partial charge in [-0.1, -0.05) is 43.2 Å². The molecule has 0 spiro atoms. The number of aliphatic hydroxyl groups is 1. The van der Waals surface area contributed by atoms with E-state index in [0.29, 0.717) is 6.54 Å². The molecule has 20 heavy (non-hydrogen) atoms. The molecule has 4 heteroatoms. The molecule has 1 aromatic rings. The second-order valence-corrected chi connectivity index (χ2v) is 5.54. The molecule has 3 atom stereocenters. The fraction of sp³-hybridized carbons (Fsp3) is 0.562. The van der Waals surface area contributed by atoms with E-state index < -0.39 is 0 Å². The summed E-state index contributed by atoms with van der Waals surface area (Å²) in [5.41, 5.74) is 6.71. The number of aliphatic hydroxyl groups excluding tert-OH is 1. The van der Waals surface area contributed by atoms with E-state index in [2.05, 4.69) is 5.32 Å². The van der Waals surface area contributed by atoms with Crippen molar-refractivity contribution in [3.05, 3.63) is 35.9 Å². The summed E-state index contributed by atoms with van der Waals surface area (Å²) in [6.07, 6.45) is 4.18. The smallest absolute Gasteiger partial charge is 0.223 e. The van der Waals surface area contributed by atoms with Crippen LogP contribution in [0.15, 0.2) is 30.3 Å². The molecule has 4 nitrogen and oxygen atoms in total. The maximum atomic E-state index is 12.4. The Labute approximate surface area is 120 Å². The van der Waals surface area contributed by atoms with Crippen LogP contribution in [0.2, 0.25) is 0 Å². The van der Waals surface area contributed by atoms with Crippen LogP contribution < -0.4 is 11.1 Å². The fourth-order valence-electron chi connectivity index (χ4n) is 3.03. The van der Waals surface area contributed by atoms with Gasteiger partial charge in [0, 0.05) is 5.92 Å². The molecule has 1 aromatic carbocycles. The van der Waals surface area contributed by atoms with E-state index >= 15 is 0 Å². The van der Waals surface area contributed by atoms with Crippen molar-refractivity contribution in [2.45, 2.75) is 31.7 Å². The molecule has 0 heterocycles. The van der Waals surface area contributed by atoms with E-state index in [1.54, 1.807) is 0 Å². The predicted octanol–water partition coefficient (Wildman–Crippen LogP) is 1.60. The lowest BCUT2D eigenvalue weighted by Gasteiger charge is -2.31. The van der Waals surface area contributed by atoms with Gasteiger partial charge >= 0.3 is 0 Å². The highest BCUT2D eigenvalue weighted by Crippen LogP contribution is 2.30. The standard InChI is InChI=1S/C16H24N2O2/c17-10-13-8-4-5-9-14(13)16(20)18-15(11-19)12-6-2-1-3-7-12/h1-3,6-7,13-15,19H,4-5,8-11,17H2,(H,18,20). The third-order valence-electron chi connectivity index (χ3n) is 4.25. The van der Waals surface area contributed by atoms with Gasteiger partial charge in [0.15, 0.2) is 0 Å². The first-order valence-electron chi connectivity index (χ1n) is 7.42. The number of nitrogens with two attached hydrogens (primary N) is 1. The van der Waals surface area contributed by atoms with E-state index in [-0.39, 0.29) is 30.4 Å². The molecule has 0 saturated heterocycles.